The van der Waals surface area contributed by atoms with Crippen LogP contribution in [0.1, 0.15) is 36.8 Å². The number of anilines is 2. The third-order valence-electron chi connectivity index (χ3n) is 6.81. The number of fused-ring (bicyclic) bond motifs is 2. The first-order valence-electron chi connectivity index (χ1n) is 11.8. The number of piperazine rings is 1. The molecule has 32 heavy (non-hydrogen) atoms. The summed E-state index contributed by atoms with van der Waals surface area (Å²) in [5.74, 6) is 0.443. The van der Waals surface area contributed by atoms with Crippen LogP contribution in [0.5, 0.6) is 5.75 Å². The van der Waals surface area contributed by atoms with Crippen molar-refractivity contribution in [3.05, 3.63) is 52.9 Å². The topological polar surface area (TPSA) is 55.8 Å². The minimum atomic E-state index is 0.0706. The van der Waals surface area contributed by atoms with Gasteiger partial charge in [0, 0.05) is 54.1 Å². The maximum absolute atomic E-state index is 11.6. The second-order valence-electron chi connectivity index (χ2n) is 8.94. The summed E-state index contributed by atoms with van der Waals surface area (Å²) in [5.41, 5.74) is 4.25. The van der Waals surface area contributed by atoms with E-state index in [1.165, 1.54) is 22.2 Å². The number of rotatable bonds is 7. The van der Waals surface area contributed by atoms with Crippen molar-refractivity contribution in [2.75, 3.05) is 42.9 Å². The van der Waals surface area contributed by atoms with E-state index in [2.05, 4.69) is 44.8 Å². The van der Waals surface area contributed by atoms with E-state index in [-0.39, 0.29) is 5.91 Å². The van der Waals surface area contributed by atoms with Crippen molar-refractivity contribution in [3.8, 4) is 5.75 Å². The van der Waals surface area contributed by atoms with Gasteiger partial charge in [0.2, 0.25) is 5.91 Å². The van der Waals surface area contributed by atoms with Gasteiger partial charge in [-0.2, -0.15) is 0 Å². The van der Waals surface area contributed by atoms with Gasteiger partial charge in [-0.1, -0.05) is 12.5 Å². The molecule has 3 aromatic rings. The molecule has 6 heteroatoms. The Kier molecular flexibility index (Phi) is 6.32. The molecule has 5 rings (SSSR count). The summed E-state index contributed by atoms with van der Waals surface area (Å²) < 4.78 is 1.37. The van der Waals surface area contributed by atoms with Gasteiger partial charge in [0.05, 0.1) is 0 Å². The zero-order chi connectivity index (χ0) is 21.9. The SMILES string of the molecule is O=C1CCc2cc(O)c(CCCCCN3CCN(c4cccc5sccc45)CC3)cc2N1. The minimum absolute atomic E-state index is 0.0706. The van der Waals surface area contributed by atoms with Crippen LogP contribution in [-0.2, 0) is 17.6 Å². The van der Waals surface area contributed by atoms with E-state index in [9.17, 15) is 9.90 Å². The number of nitrogens with zero attached hydrogens (tertiary/aromatic N) is 2. The maximum atomic E-state index is 11.6. The van der Waals surface area contributed by atoms with Crippen LogP contribution >= 0.6 is 11.3 Å². The Morgan fingerprint density at radius 2 is 1.88 bits per heavy atom. The number of phenols is 1. The van der Waals surface area contributed by atoms with Crippen LogP contribution in [-0.4, -0.2) is 48.6 Å². The summed E-state index contributed by atoms with van der Waals surface area (Å²) in [4.78, 5) is 16.7. The summed E-state index contributed by atoms with van der Waals surface area (Å²) in [6.07, 6.45) is 5.46. The number of phenolic OH excluding ortho intramolecular Hbond substituents is 1. The van der Waals surface area contributed by atoms with E-state index in [1.54, 1.807) is 0 Å². The standard InChI is InChI=1S/C26H31N3O2S/c30-24-18-19-8-9-26(31)27-22(19)17-20(24)5-2-1-3-11-28-12-14-29(15-13-28)23-6-4-7-25-21(23)10-16-32-25/h4,6-7,10,16-18,30H,1-3,5,8-9,11-15H2,(H,27,31). The van der Waals surface area contributed by atoms with Crippen LogP contribution in [0.3, 0.4) is 0 Å². The fraction of sp³-hybridized carbons (Fsp3) is 0.423. The number of thiophene rings is 1. The second kappa shape index (κ2) is 9.51. The third kappa shape index (κ3) is 4.62. The molecule has 168 valence electrons. The zero-order valence-corrected chi connectivity index (χ0v) is 19.3. The van der Waals surface area contributed by atoms with Gasteiger partial charge in [0.1, 0.15) is 5.75 Å². The molecule has 0 bridgehead atoms. The number of carbonyl (C=O) groups excluding carboxylic acids is 1. The smallest absolute Gasteiger partial charge is 0.224 e. The van der Waals surface area contributed by atoms with Crippen molar-refractivity contribution in [1.82, 2.24) is 4.90 Å². The highest BCUT2D eigenvalue weighted by Gasteiger charge is 2.19. The van der Waals surface area contributed by atoms with Crippen LogP contribution in [0, 0.1) is 0 Å². The molecule has 1 saturated heterocycles. The molecule has 0 unspecified atom stereocenters. The first kappa shape index (κ1) is 21.3. The molecule has 3 heterocycles. The quantitative estimate of drug-likeness (QED) is 0.393. The Bertz CT molecular complexity index is 1100. The second-order valence-corrected chi connectivity index (χ2v) is 9.88. The largest absolute Gasteiger partial charge is 0.508 e. The number of aryl methyl sites for hydroxylation is 2. The maximum Gasteiger partial charge on any atom is 0.224 e. The van der Waals surface area contributed by atoms with Crippen molar-refractivity contribution >= 4 is 38.7 Å². The van der Waals surface area contributed by atoms with Gasteiger partial charge in [0.15, 0.2) is 0 Å². The Morgan fingerprint density at radius 1 is 1.00 bits per heavy atom. The third-order valence-corrected chi connectivity index (χ3v) is 7.69. The molecular weight excluding hydrogens is 418 g/mol. The van der Waals surface area contributed by atoms with E-state index in [0.29, 0.717) is 18.6 Å². The molecule has 2 aliphatic heterocycles. The van der Waals surface area contributed by atoms with Crippen LogP contribution in [0.25, 0.3) is 10.1 Å². The van der Waals surface area contributed by atoms with E-state index >= 15 is 0 Å². The first-order chi connectivity index (χ1) is 15.7. The molecule has 1 amide bonds. The van der Waals surface area contributed by atoms with Gasteiger partial charge in [-0.05, 0) is 79.1 Å². The minimum Gasteiger partial charge on any atom is -0.508 e. The molecule has 2 aromatic carbocycles. The number of unbranched alkanes of at least 4 members (excludes halogenated alkanes) is 2. The number of nitrogens with one attached hydrogen (secondary N) is 1. The summed E-state index contributed by atoms with van der Waals surface area (Å²) in [7, 11) is 0. The number of hydrogen-bond donors (Lipinski definition) is 2. The molecule has 0 saturated carbocycles. The molecular formula is C26H31N3O2S. The zero-order valence-electron chi connectivity index (χ0n) is 18.5. The summed E-state index contributed by atoms with van der Waals surface area (Å²) in [6.45, 7) is 5.55. The summed E-state index contributed by atoms with van der Waals surface area (Å²) in [5, 5.41) is 16.8. The molecule has 0 spiro atoms. The van der Waals surface area contributed by atoms with Crippen molar-refractivity contribution in [2.24, 2.45) is 0 Å². The van der Waals surface area contributed by atoms with Gasteiger partial charge in [0.25, 0.3) is 0 Å². The fourth-order valence-corrected chi connectivity index (χ4v) is 5.76. The van der Waals surface area contributed by atoms with E-state index in [1.807, 2.05) is 23.5 Å². The Labute approximate surface area is 193 Å². The van der Waals surface area contributed by atoms with Gasteiger partial charge in [-0.25, -0.2) is 0 Å². The van der Waals surface area contributed by atoms with Crippen LogP contribution < -0.4 is 10.2 Å². The highest BCUT2D eigenvalue weighted by molar-refractivity contribution is 7.17. The van der Waals surface area contributed by atoms with Crippen LogP contribution in [0.15, 0.2) is 41.8 Å². The summed E-state index contributed by atoms with van der Waals surface area (Å²) in [6, 6.07) is 12.7. The predicted octanol–water partition coefficient (Wildman–Crippen LogP) is 5.03. The molecule has 5 nitrogen and oxygen atoms in total. The average Bonchev–Trinajstić information content (AvgIpc) is 3.29. The number of amides is 1. The molecule has 0 aliphatic carbocycles. The lowest BCUT2D eigenvalue weighted by atomic mass is 9.97. The van der Waals surface area contributed by atoms with Gasteiger partial charge >= 0.3 is 0 Å². The van der Waals surface area contributed by atoms with Gasteiger partial charge in [-0.15, -0.1) is 11.3 Å². The highest BCUT2D eigenvalue weighted by atomic mass is 32.1. The van der Waals surface area contributed by atoms with Crippen molar-refractivity contribution in [1.29, 1.82) is 0 Å². The number of aromatic hydroxyl groups is 1. The highest BCUT2D eigenvalue weighted by Crippen LogP contribution is 2.32. The molecule has 0 atom stereocenters. The monoisotopic (exact) mass is 449 g/mol. The van der Waals surface area contributed by atoms with Crippen molar-refractivity contribution in [3.63, 3.8) is 0 Å². The summed E-state index contributed by atoms with van der Waals surface area (Å²) >= 11 is 1.82. The molecule has 1 fully saturated rings. The first-order valence-corrected chi connectivity index (χ1v) is 12.6. The van der Waals surface area contributed by atoms with Gasteiger partial charge < -0.3 is 15.3 Å². The number of carbonyl (C=O) groups is 1. The van der Waals surface area contributed by atoms with E-state index in [0.717, 1.165) is 68.8 Å². The molecule has 2 N–H and O–H groups in total. The normalized spacial score (nSPS) is 16.9. The van der Waals surface area contributed by atoms with Crippen LogP contribution in [0.2, 0.25) is 0 Å². The Balaban J connectivity index is 1.05. The van der Waals surface area contributed by atoms with E-state index in [4.69, 9.17) is 0 Å². The molecule has 0 radical (unpaired) electrons. The Hall–Kier alpha value is -2.57. The fourth-order valence-electron chi connectivity index (χ4n) is 4.95. The van der Waals surface area contributed by atoms with Crippen molar-refractivity contribution < 1.29 is 9.90 Å². The lowest BCUT2D eigenvalue weighted by Gasteiger charge is -2.36. The number of benzene rings is 2. The van der Waals surface area contributed by atoms with E-state index < -0.39 is 0 Å². The average molecular weight is 450 g/mol. The predicted molar refractivity (Wildman–Crippen MR) is 133 cm³/mol. The molecule has 2 aliphatic rings. The Morgan fingerprint density at radius 3 is 2.75 bits per heavy atom. The van der Waals surface area contributed by atoms with Crippen molar-refractivity contribution in [2.45, 2.75) is 38.5 Å². The lowest BCUT2D eigenvalue weighted by Crippen LogP contribution is -2.46. The van der Waals surface area contributed by atoms with Crippen LogP contribution in [0.4, 0.5) is 11.4 Å². The number of hydrogen-bond acceptors (Lipinski definition) is 5. The lowest BCUT2D eigenvalue weighted by molar-refractivity contribution is -0.116. The van der Waals surface area contributed by atoms with Gasteiger partial charge in [-0.3, -0.25) is 9.69 Å². The molecule has 1 aromatic heterocycles.